The molecule has 0 saturated carbocycles. The van der Waals surface area contributed by atoms with Crippen molar-refractivity contribution in [2.45, 2.75) is 6.18 Å². The Labute approximate surface area is 124 Å². The summed E-state index contributed by atoms with van der Waals surface area (Å²) in [6.07, 6.45) is -4.49. The molecule has 0 aliphatic carbocycles. The van der Waals surface area contributed by atoms with Crippen molar-refractivity contribution >= 4 is 45.5 Å². The number of thiophene rings is 1. The van der Waals surface area contributed by atoms with E-state index in [0.717, 1.165) is 8.95 Å². The molecule has 0 atom stereocenters. The highest BCUT2D eigenvalue weighted by Crippen LogP contribution is 2.34. The van der Waals surface area contributed by atoms with Crippen LogP contribution in [0.5, 0.6) is 0 Å². The minimum Gasteiger partial charge on any atom is -0.321 e. The van der Waals surface area contributed by atoms with Gasteiger partial charge in [-0.2, -0.15) is 13.2 Å². The number of para-hydroxylation sites is 1. The molecule has 19 heavy (non-hydrogen) atoms. The van der Waals surface area contributed by atoms with Crippen LogP contribution in [0.1, 0.15) is 15.9 Å². The largest absolute Gasteiger partial charge is 0.418 e. The number of amides is 1. The number of anilines is 1. The van der Waals surface area contributed by atoms with Gasteiger partial charge in [0.2, 0.25) is 0 Å². The van der Waals surface area contributed by atoms with Crippen molar-refractivity contribution < 1.29 is 18.0 Å². The molecule has 2 aromatic rings. The van der Waals surface area contributed by atoms with Gasteiger partial charge in [-0.25, -0.2) is 0 Å². The Hall–Kier alpha value is -1.09. The highest BCUT2D eigenvalue weighted by atomic mass is 127. The first kappa shape index (κ1) is 14.3. The van der Waals surface area contributed by atoms with Gasteiger partial charge in [-0.1, -0.05) is 12.1 Å². The Bertz CT molecular complexity index is 609. The fourth-order valence-electron chi connectivity index (χ4n) is 1.46. The molecule has 100 valence electrons. The van der Waals surface area contributed by atoms with Gasteiger partial charge in [0, 0.05) is 5.38 Å². The van der Waals surface area contributed by atoms with E-state index in [1.807, 2.05) is 22.6 Å². The topological polar surface area (TPSA) is 29.1 Å². The van der Waals surface area contributed by atoms with Crippen molar-refractivity contribution in [3.8, 4) is 0 Å². The third-order valence-corrected chi connectivity index (χ3v) is 4.10. The molecule has 0 aliphatic rings. The molecule has 0 fully saturated rings. The van der Waals surface area contributed by atoms with Crippen molar-refractivity contribution in [1.29, 1.82) is 0 Å². The average Bonchev–Trinajstić information content (AvgIpc) is 2.75. The summed E-state index contributed by atoms with van der Waals surface area (Å²) in [4.78, 5) is 11.8. The maximum atomic E-state index is 12.8. The lowest BCUT2D eigenvalue weighted by molar-refractivity contribution is -0.136. The van der Waals surface area contributed by atoms with Crippen LogP contribution in [0.15, 0.2) is 35.7 Å². The second kappa shape index (κ2) is 5.49. The van der Waals surface area contributed by atoms with Crippen LogP contribution in [0.25, 0.3) is 0 Å². The van der Waals surface area contributed by atoms with E-state index in [-0.39, 0.29) is 5.69 Å². The van der Waals surface area contributed by atoms with Crippen molar-refractivity contribution in [2.75, 3.05) is 5.32 Å². The fraction of sp³-hybridized carbons (Fsp3) is 0.0833. The van der Waals surface area contributed by atoms with Gasteiger partial charge >= 0.3 is 6.18 Å². The van der Waals surface area contributed by atoms with Gasteiger partial charge in [-0.05, 0) is 40.8 Å². The first-order chi connectivity index (χ1) is 8.88. The molecule has 0 saturated heterocycles. The standard InChI is InChI=1S/C12H7F3INOS/c13-12(14,15)8-3-1-2-4-9(8)17-11(18)7-5-10(16)19-6-7/h1-6H,(H,17,18). The van der Waals surface area contributed by atoms with Crippen molar-refractivity contribution in [2.24, 2.45) is 0 Å². The third kappa shape index (κ3) is 3.47. The number of carbonyl (C=O) groups excluding carboxylic acids is 1. The summed E-state index contributed by atoms with van der Waals surface area (Å²) in [5.74, 6) is -0.545. The van der Waals surface area contributed by atoms with Crippen molar-refractivity contribution in [1.82, 2.24) is 0 Å². The quantitative estimate of drug-likeness (QED) is 0.737. The lowest BCUT2D eigenvalue weighted by Gasteiger charge is -2.12. The summed E-state index contributed by atoms with van der Waals surface area (Å²) in [7, 11) is 0. The molecule has 1 aromatic carbocycles. The first-order valence-electron chi connectivity index (χ1n) is 5.09. The van der Waals surface area contributed by atoms with E-state index in [0.29, 0.717) is 5.56 Å². The van der Waals surface area contributed by atoms with Crippen LogP contribution < -0.4 is 5.32 Å². The maximum Gasteiger partial charge on any atom is 0.418 e. The summed E-state index contributed by atoms with van der Waals surface area (Å²) < 4.78 is 39.2. The molecule has 0 radical (unpaired) electrons. The molecule has 2 rings (SSSR count). The molecule has 0 spiro atoms. The predicted molar refractivity (Wildman–Crippen MR) is 76.4 cm³/mol. The molecule has 0 aliphatic heterocycles. The number of hydrogen-bond acceptors (Lipinski definition) is 2. The fourth-order valence-corrected chi connectivity index (χ4v) is 2.79. The Morgan fingerprint density at radius 3 is 2.53 bits per heavy atom. The second-order valence-corrected chi connectivity index (χ2v) is 6.44. The maximum absolute atomic E-state index is 12.8. The van der Waals surface area contributed by atoms with Crippen LogP contribution in [0.2, 0.25) is 0 Å². The van der Waals surface area contributed by atoms with Crippen LogP contribution >= 0.6 is 33.9 Å². The zero-order valence-corrected chi connectivity index (χ0v) is 12.3. The van der Waals surface area contributed by atoms with E-state index in [9.17, 15) is 18.0 Å². The van der Waals surface area contributed by atoms with E-state index >= 15 is 0 Å². The SMILES string of the molecule is O=C(Nc1ccccc1C(F)(F)F)c1csc(I)c1. The van der Waals surface area contributed by atoms with Crippen LogP contribution in [0.3, 0.4) is 0 Å². The molecule has 1 heterocycles. The number of carbonyl (C=O) groups is 1. The zero-order chi connectivity index (χ0) is 14.0. The molecular weight excluding hydrogens is 390 g/mol. The molecular formula is C12H7F3INOS. The second-order valence-electron chi connectivity index (χ2n) is 3.64. The number of alkyl halides is 3. The van der Waals surface area contributed by atoms with Gasteiger partial charge in [0.15, 0.2) is 0 Å². The van der Waals surface area contributed by atoms with Gasteiger partial charge in [0.1, 0.15) is 0 Å². The number of hydrogen-bond donors (Lipinski definition) is 1. The van der Waals surface area contributed by atoms with Crippen LogP contribution in [0.4, 0.5) is 18.9 Å². The number of nitrogens with one attached hydrogen (secondary N) is 1. The van der Waals surface area contributed by atoms with Gasteiger partial charge in [0.25, 0.3) is 5.91 Å². The highest BCUT2D eigenvalue weighted by molar-refractivity contribution is 14.1. The molecule has 7 heteroatoms. The lowest BCUT2D eigenvalue weighted by atomic mass is 10.1. The Balaban J connectivity index is 2.27. The smallest absolute Gasteiger partial charge is 0.321 e. The van der Waals surface area contributed by atoms with Crippen molar-refractivity contribution in [3.63, 3.8) is 0 Å². The van der Waals surface area contributed by atoms with Gasteiger partial charge in [0.05, 0.1) is 19.7 Å². The minimum atomic E-state index is -4.49. The van der Waals surface area contributed by atoms with E-state index in [1.54, 1.807) is 11.4 Å². The first-order valence-corrected chi connectivity index (χ1v) is 7.05. The van der Waals surface area contributed by atoms with Gasteiger partial charge in [-0.3, -0.25) is 4.79 Å². The summed E-state index contributed by atoms with van der Waals surface area (Å²) >= 11 is 3.40. The molecule has 2 nitrogen and oxygen atoms in total. The van der Waals surface area contributed by atoms with Crippen LogP contribution in [-0.2, 0) is 6.18 Å². The highest BCUT2D eigenvalue weighted by Gasteiger charge is 2.33. The van der Waals surface area contributed by atoms with Gasteiger partial charge in [-0.15, -0.1) is 11.3 Å². The monoisotopic (exact) mass is 397 g/mol. The van der Waals surface area contributed by atoms with E-state index in [1.165, 1.54) is 29.5 Å². The molecule has 0 bridgehead atoms. The summed E-state index contributed by atoms with van der Waals surface area (Å²) in [5, 5.41) is 3.90. The Kier molecular flexibility index (Phi) is 4.14. The zero-order valence-electron chi connectivity index (χ0n) is 9.29. The lowest BCUT2D eigenvalue weighted by Crippen LogP contribution is -2.16. The normalized spacial score (nSPS) is 11.4. The predicted octanol–water partition coefficient (Wildman–Crippen LogP) is 4.62. The average molecular weight is 397 g/mol. The molecule has 0 unspecified atom stereocenters. The van der Waals surface area contributed by atoms with Crippen LogP contribution in [0, 0.1) is 2.88 Å². The minimum absolute atomic E-state index is 0.235. The van der Waals surface area contributed by atoms with Crippen molar-refractivity contribution in [3.05, 3.63) is 49.7 Å². The summed E-state index contributed by atoms with van der Waals surface area (Å²) in [5.41, 5.74) is -0.735. The molecule has 1 aromatic heterocycles. The molecule has 1 amide bonds. The Morgan fingerprint density at radius 2 is 1.95 bits per heavy atom. The molecule has 1 N–H and O–H groups in total. The van der Waals surface area contributed by atoms with Crippen LogP contribution in [-0.4, -0.2) is 5.91 Å². The van der Waals surface area contributed by atoms with E-state index in [4.69, 9.17) is 0 Å². The summed E-state index contributed by atoms with van der Waals surface area (Å²) in [6.45, 7) is 0. The number of rotatable bonds is 2. The summed E-state index contributed by atoms with van der Waals surface area (Å²) in [6, 6.07) is 6.52. The Morgan fingerprint density at radius 1 is 1.26 bits per heavy atom. The van der Waals surface area contributed by atoms with E-state index < -0.39 is 17.6 Å². The third-order valence-electron chi connectivity index (χ3n) is 2.31. The number of halogens is 4. The number of benzene rings is 1. The van der Waals surface area contributed by atoms with Gasteiger partial charge < -0.3 is 5.32 Å². The van der Waals surface area contributed by atoms with E-state index in [2.05, 4.69) is 5.32 Å².